The molecule has 0 fully saturated rings. The van der Waals surface area contributed by atoms with E-state index in [0.29, 0.717) is 13.1 Å². The smallest absolute Gasteiger partial charge is 0.278 e. The van der Waals surface area contributed by atoms with Gasteiger partial charge in [-0.2, -0.15) is 5.26 Å². The third-order valence-corrected chi connectivity index (χ3v) is 3.23. The predicted octanol–water partition coefficient (Wildman–Crippen LogP) is 0.127. The van der Waals surface area contributed by atoms with Crippen LogP contribution in [0.1, 0.15) is 13.8 Å². The number of carbonyl (C=O) groups excluding carboxylic acids is 1. The Labute approximate surface area is 127 Å². The number of nitro groups is 1. The summed E-state index contributed by atoms with van der Waals surface area (Å²) in [7, 11) is 0. The van der Waals surface area contributed by atoms with Crippen molar-refractivity contribution in [2.75, 3.05) is 13.1 Å². The van der Waals surface area contributed by atoms with Crippen LogP contribution in [0.5, 0.6) is 0 Å². The van der Waals surface area contributed by atoms with Gasteiger partial charge >= 0.3 is 0 Å². The van der Waals surface area contributed by atoms with Crippen molar-refractivity contribution in [3.63, 3.8) is 0 Å². The monoisotopic (exact) mass is 307 g/mol. The van der Waals surface area contributed by atoms with Gasteiger partial charge in [-0.3, -0.25) is 14.9 Å². The quantitative estimate of drug-likeness (QED) is 0.321. The van der Waals surface area contributed by atoms with Gasteiger partial charge in [-0.1, -0.05) is 0 Å². The van der Waals surface area contributed by atoms with E-state index in [1.807, 2.05) is 0 Å². The van der Waals surface area contributed by atoms with Crippen molar-refractivity contribution in [3.05, 3.63) is 45.2 Å². The first kappa shape index (κ1) is 17.6. The minimum Gasteiger partial charge on any atom is -0.386 e. The first-order chi connectivity index (χ1) is 10.3. The molecule has 0 aliphatic heterocycles. The fourth-order valence-corrected chi connectivity index (χ4v) is 2.01. The third-order valence-electron chi connectivity index (χ3n) is 3.23. The number of hydrogen-bond acceptors (Lipinski definition) is 6. The molecule has 1 aliphatic carbocycles. The molecule has 0 saturated heterocycles. The molecule has 2 unspecified atom stereocenters. The molecule has 1 rings (SSSR count). The first-order valence-corrected chi connectivity index (χ1v) is 6.70. The van der Waals surface area contributed by atoms with Crippen LogP contribution in [0.2, 0.25) is 0 Å². The molecule has 8 nitrogen and oxygen atoms in total. The zero-order valence-corrected chi connectivity index (χ0v) is 12.3. The maximum Gasteiger partial charge on any atom is 0.278 e. The van der Waals surface area contributed by atoms with Gasteiger partial charge in [0.1, 0.15) is 17.7 Å². The maximum absolute atomic E-state index is 12.1. The average molecular weight is 307 g/mol. The molecule has 0 heterocycles. The third kappa shape index (κ3) is 3.78. The summed E-state index contributed by atoms with van der Waals surface area (Å²) in [5, 5.41) is 39.1. The summed E-state index contributed by atoms with van der Waals surface area (Å²) in [4.78, 5) is 23.6. The Morgan fingerprint density at radius 2 is 2.09 bits per heavy atom. The van der Waals surface area contributed by atoms with E-state index in [1.165, 1.54) is 11.0 Å². The van der Waals surface area contributed by atoms with Gasteiger partial charge in [0.15, 0.2) is 6.10 Å². The summed E-state index contributed by atoms with van der Waals surface area (Å²) >= 11 is 0. The van der Waals surface area contributed by atoms with Gasteiger partial charge in [-0.05, 0) is 31.6 Å². The van der Waals surface area contributed by atoms with E-state index in [-0.39, 0.29) is 11.1 Å². The second kappa shape index (κ2) is 7.49. The van der Waals surface area contributed by atoms with E-state index >= 15 is 0 Å². The van der Waals surface area contributed by atoms with Crippen molar-refractivity contribution in [2.45, 2.75) is 26.1 Å². The fraction of sp³-hybridized carbons (Fsp3) is 0.429. The Bertz CT molecular complexity index is 596. The van der Waals surface area contributed by atoms with Crippen molar-refractivity contribution in [3.8, 4) is 6.07 Å². The number of amides is 1. The van der Waals surface area contributed by atoms with E-state index in [1.54, 1.807) is 19.9 Å². The summed E-state index contributed by atoms with van der Waals surface area (Å²) in [5.41, 5.74) is -0.659. The lowest BCUT2D eigenvalue weighted by molar-refractivity contribution is -0.438. The molecule has 2 N–H and O–H groups in total. The molecule has 0 aromatic carbocycles. The molecule has 0 aromatic heterocycles. The minimum atomic E-state index is -1.64. The Morgan fingerprint density at radius 1 is 1.50 bits per heavy atom. The van der Waals surface area contributed by atoms with Crippen molar-refractivity contribution < 1.29 is 19.9 Å². The Hall–Kier alpha value is -2.50. The summed E-state index contributed by atoms with van der Waals surface area (Å²) in [6, 6.07) is 1.75. The summed E-state index contributed by atoms with van der Waals surface area (Å²) in [5.74, 6) is -0.495. The van der Waals surface area contributed by atoms with Crippen LogP contribution in [0.4, 0.5) is 0 Å². The van der Waals surface area contributed by atoms with Crippen LogP contribution in [0.3, 0.4) is 0 Å². The Balaban J connectivity index is 3.18. The topological polar surface area (TPSA) is 128 Å². The van der Waals surface area contributed by atoms with Gasteiger partial charge in [-0.15, -0.1) is 0 Å². The maximum atomic E-state index is 12.1. The summed E-state index contributed by atoms with van der Waals surface area (Å²) < 4.78 is 0. The normalized spacial score (nSPS) is 21.5. The van der Waals surface area contributed by atoms with Crippen molar-refractivity contribution in [1.29, 1.82) is 5.26 Å². The van der Waals surface area contributed by atoms with Crippen molar-refractivity contribution in [2.24, 2.45) is 0 Å². The van der Waals surface area contributed by atoms with Gasteiger partial charge in [0, 0.05) is 19.2 Å². The highest BCUT2D eigenvalue weighted by Crippen LogP contribution is 2.21. The zero-order valence-electron chi connectivity index (χ0n) is 12.3. The number of nitrogens with zero attached hydrogens (tertiary/aromatic N) is 3. The van der Waals surface area contributed by atoms with E-state index in [2.05, 4.69) is 0 Å². The number of allylic oxidation sites excluding steroid dienone is 3. The number of nitriles is 1. The molecule has 118 valence electrons. The lowest BCUT2D eigenvalue weighted by Gasteiger charge is -2.19. The van der Waals surface area contributed by atoms with Crippen LogP contribution < -0.4 is 0 Å². The SMILES string of the molecule is CCN(CC)C(=O)/C(C#N)=C/C1=CC(O)C(O)C([N+](=O)[O-])=C1. The number of rotatable bonds is 5. The van der Waals surface area contributed by atoms with Crippen LogP contribution in [0.15, 0.2) is 35.1 Å². The largest absolute Gasteiger partial charge is 0.386 e. The second-order valence-electron chi connectivity index (χ2n) is 4.58. The van der Waals surface area contributed by atoms with E-state index in [9.17, 15) is 25.1 Å². The van der Waals surface area contributed by atoms with Crippen molar-refractivity contribution in [1.82, 2.24) is 4.90 Å². The highest BCUT2D eigenvalue weighted by molar-refractivity contribution is 5.97. The molecule has 0 saturated carbocycles. The van der Waals surface area contributed by atoms with Crippen LogP contribution in [0.25, 0.3) is 0 Å². The zero-order chi connectivity index (χ0) is 16.9. The average Bonchev–Trinajstić information content (AvgIpc) is 2.48. The standard InChI is InChI=1S/C14H17N3O5/c1-3-16(4-2)14(20)10(8-15)5-9-6-11(17(21)22)13(19)12(18)7-9/h5-7,12-13,18-19H,3-4H2,1-2H3/b10-5+. The molecule has 0 spiro atoms. The molecule has 1 aliphatic rings. The van der Waals surface area contributed by atoms with Crippen molar-refractivity contribution >= 4 is 5.91 Å². The van der Waals surface area contributed by atoms with Gasteiger partial charge in [-0.25, -0.2) is 0 Å². The molecule has 0 radical (unpaired) electrons. The number of hydrogen-bond donors (Lipinski definition) is 2. The second-order valence-corrected chi connectivity index (χ2v) is 4.58. The Morgan fingerprint density at radius 3 is 2.55 bits per heavy atom. The van der Waals surface area contributed by atoms with E-state index in [0.717, 1.165) is 12.2 Å². The molecular weight excluding hydrogens is 290 g/mol. The van der Waals surface area contributed by atoms with Gasteiger partial charge in [0.2, 0.25) is 0 Å². The number of aliphatic hydroxyl groups is 2. The molecular formula is C14H17N3O5. The summed E-state index contributed by atoms with van der Waals surface area (Å²) in [6.07, 6.45) is 0.241. The van der Waals surface area contributed by atoms with Gasteiger partial charge in [0.05, 0.1) is 4.92 Å². The molecule has 0 aromatic rings. The molecule has 8 heteroatoms. The van der Waals surface area contributed by atoms with E-state index in [4.69, 9.17) is 5.26 Å². The number of aliphatic hydroxyl groups excluding tert-OH is 2. The van der Waals surface area contributed by atoms with Gasteiger partial charge in [0.25, 0.3) is 11.6 Å². The Kier molecular flexibility index (Phi) is 5.98. The molecule has 1 amide bonds. The lowest BCUT2D eigenvalue weighted by Crippen LogP contribution is -2.33. The number of carbonyl (C=O) groups is 1. The highest BCUT2D eigenvalue weighted by Gasteiger charge is 2.32. The first-order valence-electron chi connectivity index (χ1n) is 6.70. The van der Waals surface area contributed by atoms with Crippen LogP contribution in [-0.2, 0) is 4.79 Å². The van der Waals surface area contributed by atoms with Crippen LogP contribution >= 0.6 is 0 Å². The van der Waals surface area contributed by atoms with Crippen LogP contribution in [0, 0.1) is 21.4 Å². The molecule has 0 bridgehead atoms. The predicted molar refractivity (Wildman–Crippen MR) is 76.8 cm³/mol. The summed E-state index contributed by atoms with van der Waals surface area (Å²) in [6.45, 7) is 4.37. The minimum absolute atomic E-state index is 0.126. The fourth-order valence-electron chi connectivity index (χ4n) is 2.01. The molecule has 22 heavy (non-hydrogen) atoms. The number of likely N-dealkylation sites (N-methyl/N-ethyl adjacent to an activating group) is 1. The van der Waals surface area contributed by atoms with Crippen LogP contribution in [-0.4, -0.2) is 51.2 Å². The highest BCUT2D eigenvalue weighted by atomic mass is 16.6. The lowest BCUT2D eigenvalue weighted by atomic mass is 9.97. The molecule has 2 atom stereocenters. The van der Waals surface area contributed by atoms with E-state index < -0.39 is 28.7 Å². The van der Waals surface area contributed by atoms with Gasteiger partial charge < -0.3 is 15.1 Å².